The van der Waals surface area contributed by atoms with Crippen molar-refractivity contribution in [2.45, 2.75) is 33.2 Å². The summed E-state index contributed by atoms with van der Waals surface area (Å²) < 4.78 is 2.13. The summed E-state index contributed by atoms with van der Waals surface area (Å²) in [5, 5.41) is 5.89. The molecule has 2 nitrogen and oxygen atoms in total. The van der Waals surface area contributed by atoms with Gasteiger partial charge in [-0.1, -0.05) is 25.1 Å². The summed E-state index contributed by atoms with van der Waals surface area (Å²) in [7, 11) is 0. The first-order valence-corrected chi connectivity index (χ1v) is 5.20. The molecule has 1 aromatic carbocycles. The number of fused-ring (bicyclic) bond motifs is 1. The van der Waals surface area contributed by atoms with Crippen molar-refractivity contribution < 1.29 is 0 Å². The molecular formula is C12H16N2. The van der Waals surface area contributed by atoms with Crippen LogP contribution in [-0.4, -0.2) is 9.78 Å². The van der Waals surface area contributed by atoms with Crippen molar-refractivity contribution in [3.8, 4) is 0 Å². The predicted molar refractivity (Wildman–Crippen MR) is 59.5 cm³/mol. The molecule has 0 aliphatic heterocycles. The Labute approximate surface area is 84.5 Å². The molecule has 0 amide bonds. The third kappa shape index (κ3) is 1.31. The lowest BCUT2D eigenvalue weighted by molar-refractivity contribution is 0.516. The third-order valence-electron chi connectivity index (χ3n) is 2.53. The maximum absolute atomic E-state index is 4.60. The fraction of sp³-hybridized carbons (Fsp3) is 0.417. The van der Waals surface area contributed by atoms with E-state index in [1.807, 2.05) is 6.07 Å². The summed E-state index contributed by atoms with van der Waals surface area (Å²) in [5.74, 6) is 0. The average molecular weight is 188 g/mol. The van der Waals surface area contributed by atoms with Gasteiger partial charge in [-0.05, 0) is 26.3 Å². The summed E-state index contributed by atoms with van der Waals surface area (Å²) in [6.45, 7) is 6.53. The zero-order valence-corrected chi connectivity index (χ0v) is 8.99. The number of aryl methyl sites for hydroxylation is 1. The zero-order valence-electron chi connectivity index (χ0n) is 8.99. The third-order valence-corrected chi connectivity index (χ3v) is 2.53. The van der Waals surface area contributed by atoms with Crippen LogP contribution >= 0.6 is 0 Å². The molecule has 0 N–H and O–H groups in total. The molecule has 1 aromatic heterocycles. The van der Waals surface area contributed by atoms with Crippen molar-refractivity contribution in [2.24, 2.45) is 0 Å². The van der Waals surface area contributed by atoms with Gasteiger partial charge in [-0.3, -0.25) is 4.68 Å². The summed E-state index contributed by atoms with van der Waals surface area (Å²) >= 11 is 0. The smallest absolute Gasteiger partial charge is 0.0926 e. The van der Waals surface area contributed by atoms with Crippen LogP contribution in [0.5, 0.6) is 0 Å². The Bertz CT molecular complexity index is 441. The lowest BCUT2D eigenvalue weighted by Crippen LogP contribution is -2.06. The summed E-state index contributed by atoms with van der Waals surface area (Å²) in [6.07, 6.45) is 1.04. The molecule has 0 unspecified atom stereocenters. The molecule has 0 saturated carbocycles. The molecule has 0 aliphatic carbocycles. The number of benzene rings is 1. The highest BCUT2D eigenvalue weighted by atomic mass is 15.3. The van der Waals surface area contributed by atoms with Crippen molar-refractivity contribution in [3.63, 3.8) is 0 Å². The number of aromatic nitrogens is 2. The van der Waals surface area contributed by atoms with Crippen LogP contribution in [0.2, 0.25) is 0 Å². The van der Waals surface area contributed by atoms with E-state index < -0.39 is 0 Å². The van der Waals surface area contributed by atoms with Crippen molar-refractivity contribution in [3.05, 3.63) is 30.0 Å². The second-order valence-electron chi connectivity index (χ2n) is 3.86. The Morgan fingerprint density at radius 3 is 2.64 bits per heavy atom. The average Bonchev–Trinajstić information content (AvgIpc) is 2.56. The highest BCUT2D eigenvalue weighted by molar-refractivity contribution is 5.81. The van der Waals surface area contributed by atoms with E-state index in [2.05, 4.69) is 48.8 Å². The van der Waals surface area contributed by atoms with Crippen LogP contribution in [0, 0.1) is 0 Å². The Morgan fingerprint density at radius 1 is 1.29 bits per heavy atom. The van der Waals surface area contributed by atoms with Gasteiger partial charge in [0.1, 0.15) is 0 Å². The Hall–Kier alpha value is -1.31. The maximum Gasteiger partial charge on any atom is 0.0926 e. The van der Waals surface area contributed by atoms with E-state index in [0.717, 1.165) is 11.9 Å². The fourth-order valence-electron chi connectivity index (χ4n) is 1.88. The second kappa shape index (κ2) is 3.45. The lowest BCUT2D eigenvalue weighted by atomic mass is 10.2. The largest absolute Gasteiger partial charge is 0.266 e. The molecule has 0 aliphatic rings. The van der Waals surface area contributed by atoms with Gasteiger partial charge in [0.25, 0.3) is 0 Å². The molecular weight excluding hydrogens is 172 g/mol. The highest BCUT2D eigenvalue weighted by Crippen LogP contribution is 2.21. The normalized spacial score (nSPS) is 11.4. The van der Waals surface area contributed by atoms with Crippen molar-refractivity contribution >= 4 is 10.9 Å². The summed E-state index contributed by atoms with van der Waals surface area (Å²) in [6, 6.07) is 8.79. The number of hydrogen-bond donors (Lipinski definition) is 0. The Kier molecular flexibility index (Phi) is 2.28. The van der Waals surface area contributed by atoms with Crippen molar-refractivity contribution in [1.82, 2.24) is 9.78 Å². The maximum atomic E-state index is 4.60. The molecule has 2 heteroatoms. The molecule has 0 radical (unpaired) electrons. The van der Waals surface area contributed by atoms with E-state index in [-0.39, 0.29) is 0 Å². The van der Waals surface area contributed by atoms with Gasteiger partial charge in [0.2, 0.25) is 0 Å². The first kappa shape index (κ1) is 9.25. The van der Waals surface area contributed by atoms with Gasteiger partial charge in [0.05, 0.1) is 5.52 Å². The van der Waals surface area contributed by atoms with Crippen LogP contribution in [0.4, 0.5) is 0 Å². The molecule has 0 atom stereocenters. The molecule has 2 rings (SSSR count). The first-order valence-electron chi connectivity index (χ1n) is 5.20. The second-order valence-corrected chi connectivity index (χ2v) is 3.86. The van der Waals surface area contributed by atoms with Crippen LogP contribution < -0.4 is 0 Å². The molecule has 0 spiro atoms. The standard InChI is InChI=1S/C12H16N2/c1-4-12-10-7-5-6-8-11(10)13-14(12)9(2)3/h5-9H,4H2,1-3H3. The Morgan fingerprint density at radius 2 is 2.00 bits per heavy atom. The van der Waals surface area contributed by atoms with E-state index in [1.165, 1.54) is 11.1 Å². The number of hydrogen-bond acceptors (Lipinski definition) is 1. The predicted octanol–water partition coefficient (Wildman–Crippen LogP) is 3.18. The van der Waals surface area contributed by atoms with Crippen LogP contribution in [-0.2, 0) is 6.42 Å². The Balaban J connectivity index is 2.72. The first-order chi connectivity index (χ1) is 6.74. The van der Waals surface area contributed by atoms with E-state index in [0.29, 0.717) is 6.04 Å². The van der Waals surface area contributed by atoms with Gasteiger partial charge in [-0.2, -0.15) is 5.10 Å². The van der Waals surface area contributed by atoms with Gasteiger partial charge >= 0.3 is 0 Å². The summed E-state index contributed by atoms with van der Waals surface area (Å²) in [5.41, 5.74) is 2.45. The van der Waals surface area contributed by atoms with Crippen LogP contribution in [0.3, 0.4) is 0 Å². The molecule has 0 saturated heterocycles. The molecule has 74 valence electrons. The number of rotatable bonds is 2. The van der Waals surface area contributed by atoms with Gasteiger partial charge < -0.3 is 0 Å². The molecule has 1 heterocycles. The summed E-state index contributed by atoms with van der Waals surface area (Å²) in [4.78, 5) is 0. The minimum absolute atomic E-state index is 0.442. The molecule has 2 aromatic rings. The zero-order chi connectivity index (χ0) is 10.1. The molecule has 0 fully saturated rings. The van der Waals surface area contributed by atoms with Gasteiger partial charge in [-0.15, -0.1) is 0 Å². The van der Waals surface area contributed by atoms with Gasteiger partial charge in [0.15, 0.2) is 0 Å². The quantitative estimate of drug-likeness (QED) is 0.707. The topological polar surface area (TPSA) is 17.8 Å². The SMILES string of the molecule is CCc1c2ccccc2nn1C(C)C. The van der Waals surface area contributed by atoms with E-state index >= 15 is 0 Å². The van der Waals surface area contributed by atoms with Gasteiger partial charge in [0, 0.05) is 17.1 Å². The molecule has 0 bridgehead atoms. The number of nitrogens with zero attached hydrogens (tertiary/aromatic N) is 2. The minimum atomic E-state index is 0.442. The van der Waals surface area contributed by atoms with Crippen molar-refractivity contribution in [2.75, 3.05) is 0 Å². The fourth-order valence-corrected chi connectivity index (χ4v) is 1.88. The van der Waals surface area contributed by atoms with Crippen LogP contribution in [0.25, 0.3) is 10.9 Å². The van der Waals surface area contributed by atoms with E-state index in [4.69, 9.17) is 0 Å². The van der Waals surface area contributed by atoms with Gasteiger partial charge in [-0.25, -0.2) is 0 Å². The van der Waals surface area contributed by atoms with E-state index in [1.54, 1.807) is 0 Å². The highest BCUT2D eigenvalue weighted by Gasteiger charge is 2.10. The molecule has 14 heavy (non-hydrogen) atoms. The lowest BCUT2D eigenvalue weighted by Gasteiger charge is -2.08. The minimum Gasteiger partial charge on any atom is -0.266 e. The van der Waals surface area contributed by atoms with Crippen molar-refractivity contribution in [1.29, 1.82) is 0 Å². The van der Waals surface area contributed by atoms with E-state index in [9.17, 15) is 0 Å². The van der Waals surface area contributed by atoms with Crippen LogP contribution in [0.1, 0.15) is 32.5 Å². The monoisotopic (exact) mass is 188 g/mol. The van der Waals surface area contributed by atoms with Crippen LogP contribution in [0.15, 0.2) is 24.3 Å².